The molecule has 0 radical (unpaired) electrons. The van der Waals surface area contributed by atoms with Crippen LogP contribution in [0.25, 0.3) is 21.8 Å². The van der Waals surface area contributed by atoms with Gasteiger partial charge in [0, 0.05) is 30.8 Å². The van der Waals surface area contributed by atoms with E-state index in [9.17, 15) is 9.59 Å². The van der Waals surface area contributed by atoms with Gasteiger partial charge in [-0.1, -0.05) is 36.4 Å². The Labute approximate surface area is 185 Å². The van der Waals surface area contributed by atoms with Gasteiger partial charge in [-0.05, 0) is 48.4 Å². The van der Waals surface area contributed by atoms with E-state index in [4.69, 9.17) is 14.6 Å². The van der Waals surface area contributed by atoms with E-state index in [2.05, 4.69) is 4.57 Å². The number of rotatable bonds is 9. The molecular formula is C26H25NO5. The lowest BCUT2D eigenvalue weighted by Crippen LogP contribution is -2.24. The van der Waals surface area contributed by atoms with Gasteiger partial charge in [0.05, 0.1) is 17.6 Å². The second kappa shape index (κ2) is 9.66. The molecule has 0 amide bonds. The molecule has 1 heterocycles. The number of methoxy groups -OCH3 is 1. The van der Waals surface area contributed by atoms with Crippen LogP contribution in [0.2, 0.25) is 0 Å². The zero-order valence-corrected chi connectivity index (χ0v) is 17.9. The number of aromatic nitrogens is 1. The van der Waals surface area contributed by atoms with E-state index in [-0.39, 0.29) is 5.43 Å². The molecule has 6 heteroatoms. The highest BCUT2D eigenvalue weighted by Gasteiger charge is 2.16. The lowest BCUT2D eigenvalue weighted by atomic mass is 10.1. The first kappa shape index (κ1) is 21.6. The van der Waals surface area contributed by atoms with Crippen molar-refractivity contribution in [3.8, 4) is 5.75 Å². The number of para-hydroxylation sites is 2. The average Bonchev–Trinajstić information content (AvgIpc) is 2.82. The van der Waals surface area contributed by atoms with Crippen LogP contribution in [0.15, 0.2) is 77.6 Å². The minimum absolute atomic E-state index is 0.0578. The van der Waals surface area contributed by atoms with Gasteiger partial charge < -0.3 is 19.1 Å². The Hall–Kier alpha value is -3.64. The third kappa shape index (κ3) is 4.50. The fraction of sp³-hybridized carbons (Fsp3) is 0.231. The van der Waals surface area contributed by atoms with Crippen molar-refractivity contribution in [3.05, 3.63) is 88.6 Å². The molecular weight excluding hydrogens is 406 g/mol. The number of pyridine rings is 1. The van der Waals surface area contributed by atoms with Gasteiger partial charge in [0.25, 0.3) is 0 Å². The molecule has 0 saturated carbocycles. The number of hydrogen-bond donors (Lipinski definition) is 1. The number of carbonyl (C=O) groups is 1. The lowest BCUT2D eigenvalue weighted by Gasteiger charge is -2.15. The molecule has 0 aliphatic heterocycles. The summed E-state index contributed by atoms with van der Waals surface area (Å²) >= 11 is 0. The maximum absolute atomic E-state index is 12.8. The normalized spacial score (nSPS) is 12.2. The molecule has 164 valence electrons. The largest absolute Gasteiger partial charge is 0.494 e. The van der Waals surface area contributed by atoms with E-state index in [1.807, 2.05) is 72.8 Å². The van der Waals surface area contributed by atoms with E-state index < -0.39 is 12.1 Å². The molecule has 6 nitrogen and oxygen atoms in total. The van der Waals surface area contributed by atoms with E-state index in [0.717, 1.165) is 39.5 Å². The summed E-state index contributed by atoms with van der Waals surface area (Å²) in [4.78, 5) is 23.9. The summed E-state index contributed by atoms with van der Waals surface area (Å²) in [6.07, 6.45) is 0.214. The smallest absolute Gasteiger partial charge is 0.333 e. The molecule has 3 aromatic carbocycles. The SMILES string of the molecule is COC(Cc1ccc(OCCCn2c3ccccc3c(=O)c3ccccc32)cc1)C(=O)O. The molecule has 0 fully saturated rings. The van der Waals surface area contributed by atoms with E-state index in [1.165, 1.54) is 7.11 Å². The monoisotopic (exact) mass is 431 g/mol. The molecule has 0 aliphatic carbocycles. The van der Waals surface area contributed by atoms with Crippen molar-refractivity contribution in [2.24, 2.45) is 0 Å². The Morgan fingerprint density at radius 1 is 0.938 bits per heavy atom. The van der Waals surface area contributed by atoms with Gasteiger partial charge in [0.1, 0.15) is 5.75 Å². The first-order valence-electron chi connectivity index (χ1n) is 10.6. The Morgan fingerprint density at radius 3 is 2.09 bits per heavy atom. The van der Waals surface area contributed by atoms with Crippen LogP contribution in [-0.2, 0) is 22.5 Å². The molecule has 1 unspecified atom stereocenters. The van der Waals surface area contributed by atoms with Gasteiger partial charge in [0.15, 0.2) is 11.5 Å². The van der Waals surface area contributed by atoms with Crippen molar-refractivity contribution < 1.29 is 19.4 Å². The standard InChI is InChI=1S/C26H25NO5/c1-31-24(26(29)30)17-18-11-13-19(14-12-18)32-16-6-15-27-22-9-4-2-7-20(22)25(28)21-8-3-5-10-23(21)27/h2-5,7-14,24H,6,15-17H2,1H3,(H,29,30). The second-order valence-corrected chi connectivity index (χ2v) is 7.63. The van der Waals surface area contributed by atoms with Gasteiger partial charge in [-0.15, -0.1) is 0 Å². The third-order valence-corrected chi connectivity index (χ3v) is 5.58. The highest BCUT2D eigenvalue weighted by atomic mass is 16.5. The van der Waals surface area contributed by atoms with Gasteiger partial charge in [0.2, 0.25) is 0 Å². The molecule has 0 saturated heterocycles. The average molecular weight is 431 g/mol. The molecule has 0 spiro atoms. The molecule has 1 aromatic heterocycles. The third-order valence-electron chi connectivity index (χ3n) is 5.58. The molecule has 0 bridgehead atoms. The van der Waals surface area contributed by atoms with Crippen molar-refractivity contribution in [3.63, 3.8) is 0 Å². The van der Waals surface area contributed by atoms with Crippen LogP contribution in [0.4, 0.5) is 0 Å². The van der Waals surface area contributed by atoms with Crippen molar-refractivity contribution in [1.82, 2.24) is 4.57 Å². The number of benzene rings is 3. The fourth-order valence-corrected chi connectivity index (χ4v) is 3.94. The summed E-state index contributed by atoms with van der Waals surface area (Å²) in [5.74, 6) is -0.247. The number of hydrogen-bond acceptors (Lipinski definition) is 4. The van der Waals surface area contributed by atoms with Crippen LogP contribution in [-0.4, -0.2) is 35.5 Å². The van der Waals surface area contributed by atoms with Crippen molar-refractivity contribution in [1.29, 1.82) is 0 Å². The summed E-state index contributed by atoms with van der Waals surface area (Å²) in [6.45, 7) is 1.23. The maximum atomic E-state index is 12.8. The Kier molecular flexibility index (Phi) is 6.52. The lowest BCUT2D eigenvalue weighted by molar-refractivity contribution is -0.148. The Balaban J connectivity index is 1.43. The minimum atomic E-state index is -0.976. The quantitative estimate of drug-likeness (QED) is 0.316. The summed E-state index contributed by atoms with van der Waals surface area (Å²) in [5, 5.41) is 10.5. The zero-order valence-electron chi connectivity index (χ0n) is 17.9. The van der Waals surface area contributed by atoms with Crippen LogP contribution in [0.1, 0.15) is 12.0 Å². The first-order valence-corrected chi connectivity index (χ1v) is 10.6. The fourth-order valence-electron chi connectivity index (χ4n) is 3.94. The molecule has 1 N–H and O–H groups in total. The van der Waals surface area contributed by atoms with Crippen molar-refractivity contribution >= 4 is 27.8 Å². The van der Waals surface area contributed by atoms with E-state index in [0.29, 0.717) is 19.6 Å². The molecule has 0 aliphatic rings. The van der Waals surface area contributed by atoms with Crippen LogP contribution < -0.4 is 10.2 Å². The number of ether oxygens (including phenoxy) is 2. The molecule has 4 rings (SSSR count). The Bertz CT molecular complexity index is 1230. The number of nitrogens with zero attached hydrogens (tertiary/aromatic N) is 1. The Morgan fingerprint density at radius 2 is 1.53 bits per heavy atom. The van der Waals surface area contributed by atoms with Crippen molar-refractivity contribution in [2.45, 2.75) is 25.5 Å². The number of aryl methyl sites for hydroxylation is 1. The highest BCUT2D eigenvalue weighted by Crippen LogP contribution is 2.20. The number of aliphatic carboxylic acids is 1. The number of fused-ring (bicyclic) bond motifs is 2. The van der Waals surface area contributed by atoms with Gasteiger partial charge in [-0.25, -0.2) is 4.79 Å². The van der Waals surface area contributed by atoms with Crippen LogP contribution in [0, 0.1) is 0 Å². The number of carboxylic acids is 1. The van der Waals surface area contributed by atoms with Crippen LogP contribution >= 0.6 is 0 Å². The molecule has 32 heavy (non-hydrogen) atoms. The predicted molar refractivity (Wildman–Crippen MR) is 124 cm³/mol. The number of carboxylic acid groups (broad SMARTS) is 1. The summed E-state index contributed by atoms with van der Waals surface area (Å²) in [7, 11) is 1.39. The topological polar surface area (TPSA) is 77.8 Å². The van der Waals surface area contributed by atoms with Crippen LogP contribution in [0.5, 0.6) is 5.75 Å². The zero-order chi connectivity index (χ0) is 22.5. The van der Waals surface area contributed by atoms with E-state index in [1.54, 1.807) is 0 Å². The summed E-state index contributed by atoms with van der Waals surface area (Å²) in [5.41, 5.74) is 2.78. The summed E-state index contributed by atoms with van der Waals surface area (Å²) < 4.78 is 13.0. The second-order valence-electron chi connectivity index (χ2n) is 7.63. The first-order chi connectivity index (χ1) is 15.6. The predicted octanol–water partition coefficient (Wildman–Crippen LogP) is 4.27. The summed E-state index contributed by atoms with van der Waals surface area (Å²) in [6, 6.07) is 22.8. The highest BCUT2D eigenvalue weighted by molar-refractivity contribution is 5.93. The van der Waals surface area contributed by atoms with Crippen LogP contribution in [0.3, 0.4) is 0 Å². The minimum Gasteiger partial charge on any atom is -0.494 e. The van der Waals surface area contributed by atoms with Gasteiger partial charge in [-0.2, -0.15) is 0 Å². The van der Waals surface area contributed by atoms with E-state index >= 15 is 0 Å². The molecule has 1 atom stereocenters. The van der Waals surface area contributed by atoms with Crippen molar-refractivity contribution in [2.75, 3.05) is 13.7 Å². The van der Waals surface area contributed by atoms with Gasteiger partial charge >= 0.3 is 5.97 Å². The maximum Gasteiger partial charge on any atom is 0.333 e. The molecule has 4 aromatic rings. The van der Waals surface area contributed by atoms with Gasteiger partial charge in [-0.3, -0.25) is 4.79 Å².